The van der Waals surface area contributed by atoms with Gasteiger partial charge < -0.3 is 14.8 Å². The molecule has 1 aromatic heterocycles. The first kappa shape index (κ1) is 29.5. The van der Waals surface area contributed by atoms with Crippen molar-refractivity contribution in [2.75, 3.05) is 38.0 Å². The van der Waals surface area contributed by atoms with E-state index in [4.69, 9.17) is 26.2 Å². The molecule has 8 nitrogen and oxygen atoms in total. The second kappa shape index (κ2) is 12.9. The monoisotopic (exact) mass is 604 g/mol. The van der Waals surface area contributed by atoms with Gasteiger partial charge in [-0.2, -0.15) is 5.10 Å². The molecule has 1 N–H and O–H groups in total. The first-order valence-corrected chi connectivity index (χ1v) is 15.1. The zero-order valence-electron chi connectivity index (χ0n) is 24.0. The third kappa shape index (κ3) is 5.98. The van der Waals surface area contributed by atoms with Crippen LogP contribution in [0.2, 0.25) is 5.02 Å². The molecule has 0 aliphatic carbocycles. The summed E-state index contributed by atoms with van der Waals surface area (Å²) >= 11 is 7.74. The summed E-state index contributed by atoms with van der Waals surface area (Å²) in [5.41, 5.74) is 5.01. The van der Waals surface area contributed by atoms with Crippen molar-refractivity contribution in [2.24, 2.45) is 0 Å². The Morgan fingerprint density at radius 1 is 1.07 bits per heavy atom. The summed E-state index contributed by atoms with van der Waals surface area (Å²) in [5, 5.41) is 8.27. The number of rotatable bonds is 9. The van der Waals surface area contributed by atoms with Crippen LogP contribution >= 0.6 is 23.4 Å². The highest BCUT2D eigenvalue weighted by Gasteiger charge is 2.38. The Hall–Kier alpha value is -3.95. The average molecular weight is 605 g/mol. The maximum Gasteiger partial charge on any atom is 0.240 e. The summed E-state index contributed by atoms with van der Waals surface area (Å²) in [6.45, 7) is 4.40. The quantitative estimate of drug-likeness (QED) is 0.244. The van der Waals surface area contributed by atoms with Crippen LogP contribution in [0.4, 0.5) is 5.82 Å². The van der Waals surface area contributed by atoms with Crippen molar-refractivity contribution in [1.82, 2.24) is 15.1 Å². The molecule has 3 aromatic carbocycles. The molecular formula is C32H33ClN4O4S. The standard InChI is InChI=1S/C32H33ClN4O4S/c1-5-16-34-27(38)18-36-28(39)19-42-31(25-17-24(40-3)14-15-26(25)41-4)29-30(21-8-10-22(33)11-9-21)35-37(32(29)36)23-12-6-20(2)7-13-23/h6-15,17,31H,5,16,18-19H2,1-4H3,(H,34,38). The van der Waals surface area contributed by atoms with Crippen molar-refractivity contribution in [2.45, 2.75) is 25.5 Å². The molecule has 0 radical (unpaired) electrons. The van der Waals surface area contributed by atoms with Crippen molar-refractivity contribution in [3.05, 3.63) is 88.4 Å². The van der Waals surface area contributed by atoms with E-state index in [-0.39, 0.29) is 29.4 Å². The molecule has 1 atom stereocenters. The van der Waals surface area contributed by atoms with Gasteiger partial charge in [0.05, 0.1) is 36.6 Å². The van der Waals surface area contributed by atoms with Gasteiger partial charge in [-0.3, -0.25) is 14.5 Å². The van der Waals surface area contributed by atoms with Gasteiger partial charge in [0.2, 0.25) is 11.8 Å². The molecule has 42 heavy (non-hydrogen) atoms. The summed E-state index contributed by atoms with van der Waals surface area (Å²) in [6.07, 6.45) is 0.792. The molecule has 0 spiro atoms. The van der Waals surface area contributed by atoms with Gasteiger partial charge in [0.15, 0.2) is 0 Å². The smallest absolute Gasteiger partial charge is 0.240 e. The van der Waals surface area contributed by atoms with Crippen molar-refractivity contribution in [3.8, 4) is 28.4 Å². The lowest BCUT2D eigenvalue weighted by atomic mass is 9.98. The highest BCUT2D eigenvalue weighted by molar-refractivity contribution is 8.00. The van der Waals surface area contributed by atoms with Gasteiger partial charge in [0, 0.05) is 28.3 Å². The molecule has 10 heteroatoms. The average Bonchev–Trinajstić information content (AvgIpc) is 3.32. The fourth-order valence-corrected chi connectivity index (χ4v) is 6.30. The number of carbonyl (C=O) groups excluding carboxylic acids is 2. The number of amides is 2. The molecule has 0 saturated heterocycles. The van der Waals surface area contributed by atoms with E-state index >= 15 is 0 Å². The summed E-state index contributed by atoms with van der Waals surface area (Å²) in [4.78, 5) is 28.5. The molecule has 0 bridgehead atoms. The number of hydrogen-bond acceptors (Lipinski definition) is 6. The number of ether oxygens (including phenoxy) is 2. The first-order valence-electron chi connectivity index (χ1n) is 13.7. The second-order valence-corrected chi connectivity index (χ2v) is 11.5. The van der Waals surface area contributed by atoms with Gasteiger partial charge >= 0.3 is 0 Å². The fourth-order valence-electron chi connectivity index (χ4n) is 4.96. The minimum absolute atomic E-state index is 0.133. The first-order chi connectivity index (χ1) is 20.3. The fraction of sp³-hybridized carbons (Fsp3) is 0.281. The predicted molar refractivity (Wildman–Crippen MR) is 168 cm³/mol. The largest absolute Gasteiger partial charge is 0.497 e. The minimum atomic E-state index is -0.373. The molecule has 0 saturated carbocycles. The van der Waals surface area contributed by atoms with Crippen LogP contribution in [0.1, 0.15) is 35.3 Å². The summed E-state index contributed by atoms with van der Waals surface area (Å²) in [6, 6.07) is 21.0. The highest BCUT2D eigenvalue weighted by Crippen LogP contribution is 2.51. The Morgan fingerprint density at radius 3 is 2.48 bits per heavy atom. The molecule has 218 valence electrons. The van der Waals surface area contributed by atoms with Crippen LogP contribution in [-0.2, 0) is 9.59 Å². The van der Waals surface area contributed by atoms with Crippen LogP contribution in [0.3, 0.4) is 0 Å². The number of aryl methyl sites for hydroxylation is 1. The highest BCUT2D eigenvalue weighted by atomic mass is 35.5. The van der Waals surface area contributed by atoms with Gasteiger partial charge in [0.25, 0.3) is 0 Å². The van der Waals surface area contributed by atoms with Crippen LogP contribution in [0, 0.1) is 6.92 Å². The van der Waals surface area contributed by atoms with Gasteiger partial charge in [0.1, 0.15) is 23.9 Å². The molecule has 0 fully saturated rings. The summed E-state index contributed by atoms with van der Waals surface area (Å²) in [7, 11) is 3.24. The lowest BCUT2D eigenvalue weighted by Gasteiger charge is -2.23. The SMILES string of the molecule is CCCNC(=O)CN1C(=O)CSC(c2cc(OC)ccc2OC)c2c(-c3ccc(Cl)cc3)nn(-c3ccc(C)cc3)c21. The molecule has 1 aliphatic heterocycles. The number of benzene rings is 3. The summed E-state index contributed by atoms with van der Waals surface area (Å²) in [5.74, 6) is 1.59. The number of anilines is 1. The molecular weight excluding hydrogens is 572 g/mol. The van der Waals surface area contributed by atoms with E-state index in [9.17, 15) is 9.59 Å². The third-order valence-corrected chi connectivity index (χ3v) is 8.57. The topological polar surface area (TPSA) is 85.7 Å². The molecule has 4 aromatic rings. The van der Waals surface area contributed by atoms with Crippen molar-refractivity contribution in [1.29, 1.82) is 0 Å². The number of halogens is 1. The van der Waals surface area contributed by atoms with Gasteiger partial charge in [-0.15, -0.1) is 11.8 Å². The zero-order valence-corrected chi connectivity index (χ0v) is 25.6. The number of hydrogen-bond donors (Lipinski definition) is 1. The van der Waals surface area contributed by atoms with Crippen molar-refractivity contribution < 1.29 is 19.1 Å². The lowest BCUT2D eigenvalue weighted by molar-refractivity contribution is -0.122. The molecule has 1 aliphatic rings. The number of aromatic nitrogens is 2. The van der Waals surface area contributed by atoms with Gasteiger partial charge in [-0.25, -0.2) is 4.68 Å². The minimum Gasteiger partial charge on any atom is -0.497 e. The number of fused-ring (bicyclic) bond motifs is 1. The second-order valence-electron chi connectivity index (χ2n) is 9.97. The Morgan fingerprint density at radius 2 is 1.81 bits per heavy atom. The van der Waals surface area contributed by atoms with Crippen LogP contribution in [0.25, 0.3) is 16.9 Å². The Balaban J connectivity index is 1.82. The van der Waals surface area contributed by atoms with Gasteiger partial charge in [-0.05, 0) is 55.8 Å². The maximum atomic E-state index is 13.9. The lowest BCUT2D eigenvalue weighted by Crippen LogP contribution is -2.42. The van der Waals surface area contributed by atoms with Crippen LogP contribution in [0.5, 0.6) is 11.5 Å². The molecule has 5 rings (SSSR count). The number of carbonyl (C=O) groups is 2. The normalized spacial score (nSPS) is 14.7. The van der Waals surface area contributed by atoms with Gasteiger partial charge in [-0.1, -0.05) is 48.4 Å². The number of thioether (sulfide) groups is 1. The Kier molecular flexibility index (Phi) is 9.09. The van der Waals surface area contributed by atoms with Crippen LogP contribution in [-0.4, -0.2) is 54.7 Å². The van der Waals surface area contributed by atoms with E-state index in [2.05, 4.69) is 5.32 Å². The molecule has 2 heterocycles. The van der Waals surface area contributed by atoms with E-state index in [0.717, 1.165) is 34.4 Å². The molecule has 2 amide bonds. The van der Waals surface area contributed by atoms with E-state index in [1.807, 2.05) is 80.6 Å². The predicted octanol–water partition coefficient (Wildman–Crippen LogP) is 6.21. The van der Waals surface area contributed by atoms with E-state index in [1.165, 1.54) is 11.8 Å². The van der Waals surface area contributed by atoms with Crippen LogP contribution < -0.4 is 19.7 Å². The zero-order chi connectivity index (χ0) is 29.8. The van der Waals surface area contributed by atoms with Crippen LogP contribution in [0.15, 0.2) is 66.7 Å². The summed E-state index contributed by atoms with van der Waals surface area (Å²) < 4.78 is 13.2. The Labute approximate surface area is 255 Å². The number of methoxy groups -OCH3 is 2. The maximum absolute atomic E-state index is 13.9. The van der Waals surface area contributed by atoms with E-state index in [0.29, 0.717) is 34.6 Å². The van der Waals surface area contributed by atoms with Crippen molar-refractivity contribution >= 4 is 41.0 Å². The third-order valence-electron chi connectivity index (χ3n) is 7.08. The molecule has 1 unspecified atom stereocenters. The van der Waals surface area contributed by atoms with E-state index in [1.54, 1.807) is 23.8 Å². The number of nitrogens with one attached hydrogen (secondary N) is 1. The van der Waals surface area contributed by atoms with Crippen molar-refractivity contribution in [3.63, 3.8) is 0 Å². The Bertz CT molecular complexity index is 1590. The van der Waals surface area contributed by atoms with E-state index < -0.39 is 0 Å². The number of nitrogens with zero attached hydrogens (tertiary/aromatic N) is 3.